The van der Waals surface area contributed by atoms with E-state index in [1.807, 2.05) is 0 Å². The third-order valence-corrected chi connectivity index (χ3v) is 5.00. The van der Waals surface area contributed by atoms with Gasteiger partial charge in [-0.25, -0.2) is 4.79 Å². The Hall–Kier alpha value is -2.89. The van der Waals surface area contributed by atoms with E-state index in [1.54, 1.807) is 20.8 Å². The van der Waals surface area contributed by atoms with Crippen LogP contribution in [-0.4, -0.2) is 71.5 Å². The molecule has 0 spiro atoms. The van der Waals surface area contributed by atoms with Gasteiger partial charge in [0.25, 0.3) is 0 Å². The second-order valence-corrected chi connectivity index (χ2v) is 8.60. The number of nitrogens with one attached hydrogen (secondary N) is 5. The predicted molar refractivity (Wildman–Crippen MR) is 132 cm³/mol. The van der Waals surface area contributed by atoms with Crippen molar-refractivity contribution in [3.63, 3.8) is 0 Å². The van der Waals surface area contributed by atoms with Crippen LogP contribution in [0.25, 0.3) is 0 Å². The molecule has 0 bridgehead atoms. The number of ketones is 1. The van der Waals surface area contributed by atoms with Crippen molar-refractivity contribution < 1.29 is 28.7 Å². The van der Waals surface area contributed by atoms with Crippen molar-refractivity contribution in [2.75, 3.05) is 6.54 Å². The van der Waals surface area contributed by atoms with Crippen molar-refractivity contribution in [3.05, 3.63) is 0 Å². The zero-order valence-electron chi connectivity index (χ0n) is 20.5. The maximum Gasteiger partial charge on any atom is 0.328 e. The van der Waals surface area contributed by atoms with Crippen LogP contribution < -0.4 is 21.3 Å². The lowest BCUT2D eigenvalue weighted by molar-refractivity contribution is -0.151. The van der Waals surface area contributed by atoms with Crippen LogP contribution >= 0.6 is 12.2 Å². The Balaban J connectivity index is 5.40. The second-order valence-electron chi connectivity index (χ2n) is 8.16. The Bertz CT molecular complexity index is 758. The summed E-state index contributed by atoms with van der Waals surface area (Å²) in [7, 11) is 0. The summed E-state index contributed by atoms with van der Waals surface area (Å²) in [6.45, 7) is 8.23. The molecule has 0 aliphatic heterocycles. The zero-order chi connectivity index (χ0) is 26.3. The lowest BCUT2D eigenvalue weighted by atomic mass is 10.1. The number of thiocarbonyl (C=S) groups is 1. The van der Waals surface area contributed by atoms with Gasteiger partial charge in [-0.15, -0.1) is 0 Å². The lowest BCUT2D eigenvalue weighted by Gasteiger charge is -2.25. The van der Waals surface area contributed by atoms with Crippen molar-refractivity contribution in [1.82, 2.24) is 21.3 Å². The first kappa shape index (κ1) is 31.1. The van der Waals surface area contributed by atoms with Crippen LogP contribution in [-0.2, 0) is 28.7 Å². The number of carbonyl (C=O) groups excluding carboxylic acids is 5. The van der Waals surface area contributed by atoms with Crippen LogP contribution in [0.5, 0.6) is 0 Å². The Morgan fingerprint density at radius 3 is 2.09 bits per heavy atom. The lowest BCUT2D eigenvalue weighted by Crippen LogP contribution is -2.54. The molecule has 0 saturated carbocycles. The largest absolute Gasteiger partial charge is 0.461 e. The summed E-state index contributed by atoms with van der Waals surface area (Å²) in [6, 6.07) is -2.42. The highest BCUT2D eigenvalue weighted by Crippen LogP contribution is 2.07. The second kappa shape index (κ2) is 16.7. The Kier molecular flexibility index (Phi) is 15.3. The van der Waals surface area contributed by atoms with E-state index >= 15 is 0 Å². The average molecular weight is 500 g/mol. The van der Waals surface area contributed by atoms with E-state index in [-0.39, 0.29) is 29.6 Å². The van der Waals surface area contributed by atoms with Gasteiger partial charge in [0.1, 0.15) is 12.1 Å². The summed E-state index contributed by atoms with van der Waals surface area (Å²) in [6.07, 6.45) is 1.64. The Morgan fingerprint density at radius 1 is 0.912 bits per heavy atom. The number of rotatable bonds is 16. The molecule has 0 aliphatic carbocycles. The molecule has 34 heavy (non-hydrogen) atoms. The van der Waals surface area contributed by atoms with E-state index in [0.29, 0.717) is 32.0 Å². The standard InChI is InChI=1S/C22H37N5O6S/c1-13(2)33-22(32)19(10-9-17(30)12-23)26-20(31)18(8-6-7-11-24-15(4)28)27-21(34)14(3)25-16(5)29/h12-14,18-19,23H,6-11H2,1-5H3,(H,24,28)(H,25,29)(H,26,31)(H,27,34)/t14-,18-,19-/m0/s1. The van der Waals surface area contributed by atoms with Gasteiger partial charge in [-0.1, -0.05) is 12.2 Å². The highest BCUT2D eigenvalue weighted by molar-refractivity contribution is 7.80. The number of unbranched alkanes of at least 4 members (excludes halogenated alkanes) is 1. The van der Waals surface area contributed by atoms with E-state index in [0.717, 1.165) is 0 Å². The molecule has 0 fully saturated rings. The minimum absolute atomic E-state index is 0.0203. The molecule has 0 aromatic heterocycles. The van der Waals surface area contributed by atoms with Crippen LogP contribution in [0.1, 0.15) is 66.7 Å². The summed E-state index contributed by atoms with van der Waals surface area (Å²) >= 11 is 5.33. The minimum atomic E-state index is -1.08. The van der Waals surface area contributed by atoms with Gasteiger partial charge in [-0.05, 0) is 46.5 Å². The molecule has 11 nitrogen and oxygen atoms in total. The van der Waals surface area contributed by atoms with Crippen LogP contribution in [0.3, 0.4) is 0 Å². The molecule has 0 unspecified atom stereocenters. The molecule has 0 aliphatic rings. The molecule has 0 aromatic carbocycles. The van der Waals surface area contributed by atoms with Crippen molar-refractivity contribution in [1.29, 1.82) is 5.41 Å². The number of amides is 3. The van der Waals surface area contributed by atoms with Crippen molar-refractivity contribution in [3.8, 4) is 0 Å². The number of hydrogen-bond acceptors (Lipinski definition) is 8. The number of carbonyl (C=O) groups is 5. The van der Waals surface area contributed by atoms with Crippen LogP contribution in [0, 0.1) is 5.41 Å². The summed E-state index contributed by atoms with van der Waals surface area (Å²) in [5, 5.41) is 17.9. The molecule has 0 saturated heterocycles. The molecule has 0 rings (SSSR count). The van der Waals surface area contributed by atoms with Gasteiger partial charge in [0.2, 0.25) is 17.7 Å². The van der Waals surface area contributed by atoms with Gasteiger partial charge in [0.15, 0.2) is 5.78 Å². The van der Waals surface area contributed by atoms with E-state index in [2.05, 4.69) is 21.3 Å². The molecular weight excluding hydrogens is 462 g/mol. The van der Waals surface area contributed by atoms with Crippen LogP contribution in [0.4, 0.5) is 0 Å². The quantitative estimate of drug-likeness (QED) is 0.0888. The van der Waals surface area contributed by atoms with E-state index in [1.165, 1.54) is 13.8 Å². The molecule has 192 valence electrons. The Morgan fingerprint density at radius 2 is 1.56 bits per heavy atom. The van der Waals surface area contributed by atoms with Crippen LogP contribution in [0.2, 0.25) is 0 Å². The number of esters is 1. The van der Waals surface area contributed by atoms with Crippen molar-refractivity contribution >= 4 is 52.9 Å². The smallest absolute Gasteiger partial charge is 0.328 e. The summed E-state index contributed by atoms with van der Waals surface area (Å²) < 4.78 is 5.20. The molecule has 3 atom stereocenters. The van der Waals surface area contributed by atoms with Crippen molar-refractivity contribution in [2.24, 2.45) is 0 Å². The molecule has 12 heteroatoms. The molecule has 0 aromatic rings. The highest BCUT2D eigenvalue weighted by Gasteiger charge is 2.28. The van der Waals surface area contributed by atoms with Gasteiger partial charge in [-0.3, -0.25) is 19.2 Å². The molecule has 0 radical (unpaired) electrons. The summed E-state index contributed by atoms with van der Waals surface area (Å²) in [5.74, 6) is -2.11. The first-order chi connectivity index (χ1) is 15.9. The summed E-state index contributed by atoms with van der Waals surface area (Å²) in [5.41, 5.74) is 0. The van der Waals surface area contributed by atoms with Gasteiger partial charge in [0, 0.05) is 26.8 Å². The fourth-order valence-corrected chi connectivity index (χ4v) is 3.07. The summed E-state index contributed by atoms with van der Waals surface area (Å²) in [4.78, 5) is 59.7. The minimum Gasteiger partial charge on any atom is -0.461 e. The fourth-order valence-electron chi connectivity index (χ4n) is 2.87. The highest BCUT2D eigenvalue weighted by atomic mass is 32.1. The Labute approximate surface area is 206 Å². The topological polar surface area (TPSA) is 167 Å². The van der Waals surface area contributed by atoms with Gasteiger partial charge in [0.05, 0.1) is 23.3 Å². The number of hydrogen-bond donors (Lipinski definition) is 5. The first-order valence-electron chi connectivity index (χ1n) is 11.2. The normalized spacial score (nSPS) is 13.1. The average Bonchev–Trinajstić information content (AvgIpc) is 2.73. The molecular formula is C22H37N5O6S. The zero-order valence-corrected chi connectivity index (χ0v) is 21.3. The van der Waals surface area contributed by atoms with Gasteiger partial charge < -0.3 is 31.4 Å². The monoisotopic (exact) mass is 499 g/mol. The van der Waals surface area contributed by atoms with E-state index in [9.17, 15) is 24.0 Å². The van der Waals surface area contributed by atoms with Gasteiger partial charge >= 0.3 is 5.97 Å². The van der Waals surface area contributed by atoms with E-state index < -0.39 is 41.9 Å². The fraction of sp³-hybridized carbons (Fsp3) is 0.682. The van der Waals surface area contributed by atoms with E-state index in [4.69, 9.17) is 22.4 Å². The third kappa shape index (κ3) is 14.3. The maximum absolute atomic E-state index is 13.1. The van der Waals surface area contributed by atoms with Gasteiger partial charge in [-0.2, -0.15) is 0 Å². The third-order valence-electron chi connectivity index (χ3n) is 4.53. The predicted octanol–water partition coefficient (Wildman–Crippen LogP) is 0.538. The SMILES string of the molecule is CC(=O)NCCCC[C@H](NC(=S)[C@H](C)NC(C)=O)C(=O)N[C@@H](CCC(=O)C=N)C(=O)OC(C)C. The van der Waals surface area contributed by atoms with Crippen LogP contribution in [0.15, 0.2) is 0 Å². The number of Topliss-reactive ketones (excluding diaryl/α,β-unsaturated/α-hetero) is 1. The molecule has 3 amide bonds. The molecule has 0 heterocycles. The first-order valence-corrected chi connectivity index (χ1v) is 11.6. The molecule has 5 N–H and O–H groups in total. The number of ether oxygens (including phenoxy) is 1. The maximum atomic E-state index is 13.1. The van der Waals surface area contributed by atoms with Crippen molar-refractivity contribution in [2.45, 2.75) is 91.0 Å².